The van der Waals surface area contributed by atoms with E-state index in [1.54, 1.807) is 0 Å². The molecule has 0 fully saturated rings. The smallest absolute Gasteiger partial charge is 0.135 e. The van der Waals surface area contributed by atoms with E-state index in [4.69, 9.17) is 10.2 Å². The lowest BCUT2D eigenvalue weighted by Crippen LogP contribution is -1.95. The first-order valence-corrected chi connectivity index (χ1v) is 5.65. The molecule has 3 aromatic rings. The molecule has 0 aliphatic rings. The van der Waals surface area contributed by atoms with Crippen molar-refractivity contribution in [3.05, 3.63) is 60.2 Å². The van der Waals surface area contributed by atoms with Gasteiger partial charge in [0.15, 0.2) is 0 Å². The molecule has 0 amide bonds. The molecule has 0 radical (unpaired) electrons. The van der Waals surface area contributed by atoms with Gasteiger partial charge in [-0.2, -0.15) is 0 Å². The van der Waals surface area contributed by atoms with E-state index in [0.29, 0.717) is 6.54 Å². The van der Waals surface area contributed by atoms with Crippen molar-refractivity contribution >= 4 is 11.0 Å². The monoisotopic (exact) mass is 223 g/mol. The van der Waals surface area contributed by atoms with Crippen LogP contribution in [-0.4, -0.2) is 0 Å². The van der Waals surface area contributed by atoms with Crippen LogP contribution in [0, 0.1) is 0 Å². The Kier molecular flexibility index (Phi) is 2.42. The number of fused-ring (bicyclic) bond motifs is 1. The van der Waals surface area contributed by atoms with Crippen molar-refractivity contribution in [2.45, 2.75) is 6.54 Å². The van der Waals surface area contributed by atoms with E-state index in [1.165, 1.54) is 0 Å². The molecule has 2 nitrogen and oxygen atoms in total. The van der Waals surface area contributed by atoms with E-state index in [-0.39, 0.29) is 0 Å². The number of hydrogen-bond donors (Lipinski definition) is 1. The first-order chi connectivity index (χ1) is 8.36. The minimum atomic E-state index is 0.550. The molecule has 3 rings (SSSR count). The number of hydrogen-bond acceptors (Lipinski definition) is 2. The summed E-state index contributed by atoms with van der Waals surface area (Å²) in [6.45, 7) is 0.550. The number of rotatable bonds is 2. The molecule has 2 N–H and O–H groups in total. The standard InChI is InChI=1S/C15H13NO/c16-10-11-4-3-6-12(8-11)15-9-13-5-1-2-7-14(13)17-15/h1-9H,10,16H2. The molecule has 2 heteroatoms. The molecule has 2 aromatic carbocycles. The second-order valence-electron chi connectivity index (χ2n) is 4.05. The maximum atomic E-state index is 5.81. The lowest BCUT2D eigenvalue weighted by molar-refractivity contribution is 0.631. The Morgan fingerprint density at radius 2 is 1.82 bits per heavy atom. The first-order valence-electron chi connectivity index (χ1n) is 5.65. The molecular weight excluding hydrogens is 210 g/mol. The summed E-state index contributed by atoms with van der Waals surface area (Å²) in [5.74, 6) is 0.890. The van der Waals surface area contributed by atoms with E-state index >= 15 is 0 Å². The third-order valence-corrected chi connectivity index (χ3v) is 2.87. The molecule has 1 aromatic heterocycles. The Labute approximate surface area is 99.7 Å². The van der Waals surface area contributed by atoms with E-state index in [1.807, 2.05) is 36.4 Å². The normalized spacial score (nSPS) is 10.9. The average Bonchev–Trinajstić information content (AvgIpc) is 2.82. The molecule has 1 heterocycles. The van der Waals surface area contributed by atoms with Gasteiger partial charge in [-0.15, -0.1) is 0 Å². The van der Waals surface area contributed by atoms with Gasteiger partial charge in [-0.1, -0.05) is 36.4 Å². The number of nitrogens with two attached hydrogens (primary N) is 1. The van der Waals surface area contributed by atoms with Crippen molar-refractivity contribution in [3.8, 4) is 11.3 Å². The van der Waals surface area contributed by atoms with Gasteiger partial charge < -0.3 is 10.2 Å². The van der Waals surface area contributed by atoms with Crippen LogP contribution in [0.4, 0.5) is 0 Å². The molecule has 0 spiro atoms. The van der Waals surface area contributed by atoms with Crippen molar-refractivity contribution in [1.29, 1.82) is 0 Å². The van der Waals surface area contributed by atoms with Crippen LogP contribution >= 0.6 is 0 Å². The summed E-state index contributed by atoms with van der Waals surface area (Å²) < 4.78 is 5.81. The number of furan rings is 1. The van der Waals surface area contributed by atoms with Gasteiger partial charge in [-0.25, -0.2) is 0 Å². The predicted molar refractivity (Wildman–Crippen MR) is 69.5 cm³/mol. The van der Waals surface area contributed by atoms with Gasteiger partial charge in [0.1, 0.15) is 11.3 Å². The molecule has 0 saturated carbocycles. The van der Waals surface area contributed by atoms with Crippen molar-refractivity contribution in [3.63, 3.8) is 0 Å². The summed E-state index contributed by atoms with van der Waals surface area (Å²) in [4.78, 5) is 0. The Morgan fingerprint density at radius 3 is 2.65 bits per heavy atom. The predicted octanol–water partition coefficient (Wildman–Crippen LogP) is 3.56. The fourth-order valence-corrected chi connectivity index (χ4v) is 1.98. The number of para-hydroxylation sites is 1. The average molecular weight is 223 g/mol. The highest BCUT2D eigenvalue weighted by Gasteiger charge is 2.05. The second kappa shape index (κ2) is 4.07. The lowest BCUT2D eigenvalue weighted by atomic mass is 10.1. The molecule has 0 aliphatic carbocycles. The van der Waals surface area contributed by atoms with Crippen LogP contribution in [-0.2, 0) is 6.54 Å². The third kappa shape index (κ3) is 1.83. The van der Waals surface area contributed by atoms with Crippen LogP contribution in [0.15, 0.2) is 59.0 Å². The minimum Gasteiger partial charge on any atom is -0.456 e. The van der Waals surface area contributed by atoms with Gasteiger partial charge in [0.25, 0.3) is 0 Å². The zero-order valence-electron chi connectivity index (χ0n) is 9.39. The largest absolute Gasteiger partial charge is 0.456 e. The molecule has 17 heavy (non-hydrogen) atoms. The topological polar surface area (TPSA) is 39.2 Å². The second-order valence-corrected chi connectivity index (χ2v) is 4.05. The molecule has 0 atom stereocenters. The zero-order chi connectivity index (χ0) is 11.7. The fourth-order valence-electron chi connectivity index (χ4n) is 1.98. The summed E-state index contributed by atoms with van der Waals surface area (Å²) in [6.07, 6.45) is 0. The van der Waals surface area contributed by atoms with Crippen LogP contribution in [0.5, 0.6) is 0 Å². The quantitative estimate of drug-likeness (QED) is 0.721. The SMILES string of the molecule is NCc1cccc(-c2cc3ccccc3o2)c1. The van der Waals surface area contributed by atoms with Gasteiger partial charge >= 0.3 is 0 Å². The molecule has 0 saturated heterocycles. The van der Waals surface area contributed by atoms with Crippen LogP contribution in [0.3, 0.4) is 0 Å². The van der Waals surface area contributed by atoms with E-state index < -0.39 is 0 Å². The number of benzene rings is 2. The maximum absolute atomic E-state index is 5.81. The van der Waals surface area contributed by atoms with Gasteiger partial charge in [-0.3, -0.25) is 0 Å². The van der Waals surface area contributed by atoms with Crippen LogP contribution in [0.2, 0.25) is 0 Å². The van der Waals surface area contributed by atoms with Crippen LogP contribution < -0.4 is 5.73 Å². The summed E-state index contributed by atoms with van der Waals surface area (Å²) in [7, 11) is 0. The highest BCUT2D eigenvalue weighted by Crippen LogP contribution is 2.27. The lowest BCUT2D eigenvalue weighted by Gasteiger charge is -1.99. The van der Waals surface area contributed by atoms with E-state index in [2.05, 4.69) is 18.2 Å². The maximum Gasteiger partial charge on any atom is 0.135 e. The van der Waals surface area contributed by atoms with E-state index in [9.17, 15) is 0 Å². The van der Waals surface area contributed by atoms with Crippen LogP contribution in [0.1, 0.15) is 5.56 Å². The Bertz CT molecular complexity index is 622. The molecule has 0 unspecified atom stereocenters. The zero-order valence-corrected chi connectivity index (χ0v) is 9.39. The molecule has 0 bridgehead atoms. The Morgan fingerprint density at radius 1 is 0.941 bits per heavy atom. The fraction of sp³-hybridized carbons (Fsp3) is 0.0667. The summed E-state index contributed by atoms with van der Waals surface area (Å²) >= 11 is 0. The van der Waals surface area contributed by atoms with Crippen molar-refractivity contribution in [1.82, 2.24) is 0 Å². The highest BCUT2D eigenvalue weighted by molar-refractivity contribution is 5.82. The molecule has 0 aliphatic heterocycles. The summed E-state index contributed by atoms with van der Waals surface area (Å²) in [5.41, 5.74) is 8.75. The highest BCUT2D eigenvalue weighted by atomic mass is 16.3. The summed E-state index contributed by atoms with van der Waals surface area (Å²) in [5, 5.41) is 1.13. The van der Waals surface area contributed by atoms with Gasteiger partial charge in [0.2, 0.25) is 0 Å². The van der Waals surface area contributed by atoms with Gasteiger partial charge in [-0.05, 0) is 23.8 Å². The van der Waals surface area contributed by atoms with Gasteiger partial charge in [0, 0.05) is 17.5 Å². The Hall–Kier alpha value is -2.06. The van der Waals surface area contributed by atoms with Gasteiger partial charge in [0.05, 0.1) is 0 Å². The summed E-state index contributed by atoms with van der Waals surface area (Å²) in [6, 6.07) is 18.2. The van der Waals surface area contributed by atoms with Crippen molar-refractivity contribution < 1.29 is 4.42 Å². The van der Waals surface area contributed by atoms with E-state index in [0.717, 1.165) is 27.9 Å². The van der Waals surface area contributed by atoms with Crippen molar-refractivity contribution in [2.75, 3.05) is 0 Å². The Balaban J connectivity index is 2.13. The molecular formula is C15H13NO. The first kappa shape index (κ1) is 10.1. The third-order valence-electron chi connectivity index (χ3n) is 2.87. The van der Waals surface area contributed by atoms with Crippen LogP contribution in [0.25, 0.3) is 22.3 Å². The molecule has 84 valence electrons. The minimum absolute atomic E-state index is 0.550. The van der Waals surface area contributed by atoms with Crippen molar-refractivity contribution in [2.24, 2.45) is 5.73 Å².